The molecule has 3 atom stereocenters. The zero-order valence-corrected chi connectivity index (χ0v) is 18.1. The second-order valence-electron chi connectivity index (χ2n) is 7.31. The van der Waals surface area contributed by atoms with Gasteiger partial charge in [0.15, 0.2) is 22.6 Å². The van der Waals surface area contributed by atoms with Crippen molar-refractivity contribution in [1.29, 1.82) is 0 Å². The van der Waals surface area contributed by atoms with Crippen molar-refractivity contribution < 1.29 is 13.2 Å². The Kier molecular flexibility index (Phi) is 5.69. The van der Waals surface area contributed by atoms with Crippen molar-refractivity contribution in [3.63, 3.8) is 0 Å². The van der Waals surface area contributed by atoms with Gasteiger partial charge in [-0.05, 0) is 12.1 Å². The molecule has 0 saturated carbocycles. The van der Waals surface area contributed by atoms with Gasteiger partial charge in [0.05, 0.1) is 10.5 Å². The number of halogens is 4. The van der Waals surface area contributed by atoms with Crippen LogP contribution in [0.15, 0.2) is 35.7 Å². The number of aliphatic imine (C=N–C) groups is 1. The van der Waals surface area contributed by atoms with E-state index in [9.17, 15) is 13.2 Å². The number of aromatic nitrogens is 3. The molecular weight excluding hydrogens is 449 g/mol. The predicted octanol–water partition coefficient (Wildman–Crippen LogP) is 4.95. The number of amidine groups is 1. The minimum atomic E-state index is -1.64. The summed E-state index contributed by atoms with van der Waals surface area (Å²) < 4.78 is 43.9. The van der Waals surface area contributed by atoms with Crippen molar-refractivity contribution in [2.75, 3.05) is 12.0 Å². The van der Waals surface area contributed by atoms with Crippen LogP contribution in [0.4, 0.5) is 24.7 Å². The quantitative estimate of drug-likeness (QED) is 0.565. The molecule has 1 aliphatic rings. The van der Waals surface area contributed by atoms with Crippen LogP contribution in [0.1, 0.15) is 19.4 Å². The van der Waals surface area contributed by atoms with E-state index in [0.29, 0.717) is 16.1 Å². The van der Waals surface area contributed by atoms with Gasteiger partial charge in [0.1, 0.15) is 24.1 Å². The third-order valence-corrected chi connectivity index (χ3v) is 6.80. The highest BCUT2D eigenvalue weighted by Gasteiger charge is 2.46. The van der Waals surface area contributed by atoms with Gasteiger partial charge >= 0.3 is 0 Å². The molecule has 3 N–H and O–H groups in total. The summed E-state index contributed by atoms with van der Waals surface area (Å²) in [5, 5.41) is 3.30. The summed E-state index contributed by atoms with van der Waals surface area (Å²) in [7, 11) is 0. The summed E-state index contributed by atoms with van der Waals surface area (Å²) in [6, 6.07) is 3.90. The molecule has 0 unspecified atom stereocenters. The number of anilines is 2. The highest BCUT2D eigenvalue weighted by Crippen LogP contribution is 2.46. The van der Waals surface area contributed by atoms with Crippen LogP contribution >= 0.6 is 23.4 Å². The minimum absolute atomic E-state index is 0.129. The second kappa shape index (κ2) is 8.16. The van der Waals surface area contributed by atoms with Crippen LogP contribution in [-0.4, -0.2) is 32.0 Å². The lowest BCUT2D eigenvalue weighted by Crippen LogP contribution is -2.45. The lowest BCUT2D eigenvalue weighted by atomic mass is 9.78. The van der Waals surface area contributed by atoms with E-state index in [1.807, 2.05) is 6.92 Å². The molecule has 31 heavy (non-hydrogen) atoms. The number of thioether (sulfide) groups is 1. The Balaban J connectivity index is 1.84. The topological polar surface area (TPSA) is 89.1 Å². The van der Waals surface area contributed by atoms with Crippen LogP contribution in [0.2, 0.25) is 5.02 Å². The van der Waals surface area contributed by atoms with Crippen LogP contribution in [-0.2, 0) is 5.54 Å². The highest BCUT2D eigenvalue weighted by molar-refractivity contribution is 8.14. The van der Waals surface area contributed by atoms with E-state index in [2.05, 4.69) is 25.3 Å². The van der Waals surface area contributed by atoms with Gasteiger partial charge in [-0.2, -0.15) is 0 Å². The van der Waals surface area contributed by atoms with Crippen LogP contribution < -0.4 is 11.1 Å². The molecule has 1 aromatic carbocycles. The molecule has 0 bridgehead atoms. The largest absolute Gasteiger partial charge is 0.379 e. The third kappa shape index (κ3) is 3.78. The van der Waals surface area contributed by atoms with Crippen molar-refractivity contribution in [3.8, 4) is 0 Å². The summed E-state index contributed by atoms with van der Waals surface area (Å²) in [6.45, 7) is 2.56. The van der Waals surface area contributed by atoms with Crippen LogP contribution in [0.3, 0.4) is 0 Å². The molecule has 2 aromatic heterocycles. The first kappa shape index (κ1) is 21.6. The number of hydrogen-bond acceptors (Lipinski definition) is 7. The maximum Gasteiger partial charge on any atom is 0.164 e. The van der Waals surface area contributed by atoms with E-state index in [-0.39, 0.29) is 27.5 Å². The van der Waals surface area contributed by atoms with E-state index >= 15 is 0 Å². The highest BCUT2D eigenvalue weighted by atomic mass is 35.5. The number of hydrogen-bond donors (Lipinski definition) is 2. The number of nitrogens with zero attached hydrogens (tertiary/aromatic N) is 4. The van der Waals surface area contributed by atoms with E-state index in [4.69, 9.17) is 17.3 Å². The maximum absolute atomic E-state index is 14.9. The standard InChI is InChI=1S/C20H18ClF3N6S/c1-9-10(2)31-19(25)30-20(9,7-22)13-4-12(5-14(23)16(13)24)29-18-17-15(27-8-28-18)3-11(21)6-26-17/h3-6,8-10H,7H2,1-2H3,(H2,25,30)(H,27,28,29)/t9-,10+,20+/m1/s1. The summed E-state index contributed by atoms with van der Waals surface area (Å²) in [5.74, 6) is -2.49. The number of rotatable bonds is 4. The van der Waals surface area contributed by atoms with Crippen LogP contribution in [0.5, 0.6) is 0 Å². The molecular formula is C20H18ClF3N6S. The van der Waals surface area contributed by atoms with E-state index in [1.54, 1.807) is 13.0 Å². The summed E-state index contributed by atoms with van der Waals surface area (Å²) in [4.78, 5) is 16.7. The molecule has 1 aliphatic heterocycles. The van der Waals surface area contributed by atoms with Crippen LogP contribution in [0.25, 0.3) is 11.0 Å². The monoisotopic (exact) mass is 466 g/mol. The number of pyridine rings is 1. The molecule has 162 valence electrons. The fraction of sp³-hybridized carbons (Fsp3) is 0.300. The first-order valence-corrected chi connectivity index (χ1v) is 10.6. The first-order valence-electron chi connectivity index (χ1n) is 9.36. The maximum atomic E-state index is 14.9. The molecule has 0 radical (unpaired) electrons. The molecule has 4 rings (SSSR count). The predicted molar refractivity (Wildman–Crippen MR) is 117 cm³/mol. The van der Waals surface area contributed by atoms with Gasteiger partial charge in [-0.15, -0.1) is 0 Å². The summed E-state index contributed by atoms with van der Waals surface area (Å²) in [5.41, 5.74) is 5.04. The number of benzene rings is 1. The van der Waals surface area contributed by atoms with Gasteiger partial charge in [-0.3, -0.25) is 0 Å². The Morgan fingerprint density at radius 2 is 1.97 bits per heavy atom. The lowest BCUT2D eigenvalue weighted by Gasteiger charge is -2.40. The molecule has 11 heteroatoms. The zero-order chi connectivity index (χ0) is 22.3. The molecule has 0 amide bonds. The Hall–Kier alpha value is -2.59. The molecule has 6 nitrogen and oxygen atoms in total. The minimum Gasteiger partial charge on any atom is -0.379 e. The van der Waals surface area contributed by atoms with Gasteiger partial charge in [0.25, 0.3) is 0 Å². The molecule has 0 fully saturated rings. The van der Waals surface area contributed by atoms with Gasteiger partial charge < -0.3 is 11.1 Å². The van der Waals surface area contributed by atoms with Gasteiger partial charge in [-0.1, -0.05) is 37.2 Å². The summed E-state index contributed by atoms with van der Waals surface area (Å²) in [6.07, 6.45) is 2.72. The zero-order valence-electron chi connectivity index (χ0n) is 16.5. The van der Waals surface area contributed by atoms with Crippen LogP contribution in [0, 0.1) is 17.6 Å². The molecule has 3 heterocycles. The Morgan fingerprint density at radius 1 is 1.19 bits per heavy atom. The lowest BCUT2D eigenvalue weighted by molar-refractivity contribution is 0.215. The van der Waals surface area contributed by atoms with E-state index in [1.165, 1.54) is 30.4 Å². The Labute approximate surface area is 185 Å². The average Bonchev–Trinajstić information content (AvgIpc) is 2.73. The first-order chi connectivity index (χ1) is 14.7. The molecule has 3 aromatic rings. The van der Waals surface area contributed by atoms with E-state index in [0.717, 1.165) is 6.07 Å². The normalized spacial score (nSPS) is 23.6. The molecule has 0 aliphatic carbocycles. The van der Waals surface area contributed by atoms with Crippen molar-refractivity contribution in [2.45, 2.75) is 24.6 Å². The summed E-state index contributed by atoms with van der Waals surface area (Å²) >= 11 is 7.22. The number of alkyl halides is 1. The van der Waals surface area contributed by atoms with Crippen molar-refractivity contribution in [3.05, 3.63) is 52.9 Å². The Morgan fingerprint density at radius 3 is 2.71 bits per heavy atom. The van der Waals surface area contributed by atoms with Gasteiger partial charge in [0, 0.05) is 34.7 Å². The van der Waals surface area contributed by atoms with Gasteiger partial charge in [-0.25, -0.2) is 33.1 Å². The smallest absolute Gasteiger partial charge is 0.164 e. The van der Waals surface area contributed by atoms with Crippen molar-refractivity contribution in [1.82, 2.24) is 15.0 Å². The van der Waals surface area contributed by atoms with Crippen molar-refractivity contribution >= 4 is 51.1 Å². The SMILES string of the molecule is C[C@@H]1SC(N)=N[C@](CF)(c2cc(Nc3ncnc4cc(Cl)cnc34)cc(F)c2F)[C@@H]1C. The Bertz CT molecular complexity index is 1190. The fourth-order valence-corrected chi connectivity index (χ4v) is 4.84. The fourth-order valence-electron chi connectivity index (χ4n) is 3.66. The van der Waals surface area contributed by atoms with Gasteiger partial charge in [0.2, 0.25) is 0 Å². The number of nitrogens with one attached hydrogen (secondary N) is 1. The molecule has 0 saturated heterocycles. The second-order valence-corrected chi connectivity index (χ2v) is 9.14. The third-order valence-electron chi connectivity index (χ3n) is 5.48. The molecule has 0 spiro atoms. The average molecular weight is 467 g/mol. The number of nitrogens with two attached hydrogens (primary N) is 1. The van der Waals surface area contributed by atoms with Crippen molar-refractivity contribution in [2.24, 2.45) is 16.6 Å². The van der Waals surface area contributed by atoms with E-state index < -0.39 is 29.8 Å². The number of fused-ring (bicyclic) bond motifs is 1.